The van der Waals surface area contributed by atoms with Gasteiger partial charge in [0.15, 0.2) is 5.96 Å². The van der Waals surface area contributed by atoms with Crippen LogP contribution in [0.2, 0.25) is 5.02 Å². The molecule has 7 heteroatoms. The topological polar surface area (TPSA) is 57.2 Å². The van der Waals surface area contributed by atoms with E-state index in [0.29, 0.717) is 17.1 Å². The predicted octanol–water partition coefficient (Wildman–Crippen LogP) is 5.09. The highest BCUT2D eigenvalue weighted by Gasteiger charge is 2.35. The van der Waals surface area contributed by atoms with Gasteiger partial charge in [-0.1, -0.05) is 35.9 Å². The lowest BCUT2D eigenvalue weighted by Crippen LogP contribution is -2.49. The van der Waals surface area contributed by atoms with Crippen LogP contribution in [0.15, 0.2) is 59.1 Å². The molecule has 2 heterocycles. The van der Waals surface area contributed by atoms with Crippen LogP contribution < -0.4 is 15.0 Å². The van der Waals surface area contributed by atoms with Gasteiger partial charge in [-0.15, -0.1) is 0 Å². The Kier molecular flexibility index (Phi) is 6.77. The van der Waals surface area contributed by atoms with Crippen LogP contribution in [0, 0.1) is 0 Å². The maximum atomic E-state index is 14.2. The molecule has 1 saturated heterocycles. The Morgan fingerprint density at radius 3 is 2.59 bits per heavy atom. The van der Waals surface area contributed by atoms with E-state index in [1.807, 2.05) is 53.4 Å². The summed E-state index contributed by atoms with van der Waals surface area (Å²) >= 11 is 6.63. The second kappa shape index (κ2) is 10.1. The summed E-state index contributed by atoms with van der Waals surface area (Å²) in [5.41, 5.74) is 3.09. The predicted molar refractivity (Wildman–Crippen MR) is 137 cm³/mol. The van der Waals surface area contributed by atoms with Crippen LogP contribution in [0.5, 0.6) is 5.75 Å². The van der Waals surface area contributed by atoms with Gasteiger partial charge < -0.3 is 19.9 Å². The summed E-state index contributed by atoms with van der Waals surface area (Å²) in [4.78, 5) is 23.2. The molecule has 1 saturated carbocycles. The van der Waals surface area contributed by atoms with E-state index in [-0.39, 0.29) is 11.9 Å². The van der Waals surface area contributed by atoms with E-state index >= 15 is 0 Å². The Labute approximate surface area is 206 Å². The van der Waals surface area contributed by atoms with Gasteiger partial charge in [-0.25, -0.2) is 4.99 Å². The first kappa shape index (κ1) is 22.8. The third-order valence-electron chi connectivity index (χ3n) is 6.97. The van der Waals surface area contributed by atoms with Crippen molar-refractivity contribution < 1.29 is 9.53 Å². The summed E-state index contributed by atoms with van der Waals surface area (Å²) < 4.78 is 5.44. The number of ether oxygens (including phenoxy) is 1. The molecular formula is C27H31ClN4O2. The van der Waals surface area contributed by atoms with Gasteiger partial charge in [-0.3, -0.25) is 4.79 Å². The van der Waals surface area contributed by atoms with Gasteiger partial charge in [0, 0.05) is 41.5 Å². The van der Waals surface area contributed by atoms with Gasteiger partial charge in [-0.2, -0.15) is 0 Å². The molecule has 2 fully saturated rings. The number of benzene rings is 2. The molecule has 178 valence electrons. The quantitative estimate of drug-likeness (QED) is 0.650. The normalized spacial score (nSPS) is 18.6. The van der Waals surface area contributed by atoms with Crippen molar-refractivity contribution in [3.63, 3.8) is 0 Å². The van der Waals surface area contributed by atoms with E-state index in [2.05, 4.69) is 10.2 Å². The Balaban J connectivity index is 1.54. The maximum absolute atomic E-state index is 14.2. The van der Waals surface area contributed by atoms with Crippen molar-refractivity contribution in [3.8, 4) is 5.75 Å². The average molecular weight is 479 g/mol. The summed E-state index contributed by atoms with van der Waals surface area (Å²) in [7, 11) is 1.65. The number of nitrogens with one attached hydrogen (secondary N) is 1. The summed E-state index contributed by atoms with van der Waals surface area (Å²) in [6.45, 7) is 2.28. The SMILES string of the molecule is COc1cccc(N(C(=O)C2=C(c3ccccc3Cl)NC(N3CCCCC3)=NC2)C2CCC2)c1. The van der Waals surface area contributed by atoms with Crippen molar-refractivity contribution >= 4 is 34.9 Å². The zero-order chi connectivity index (χ0) is 23.5. The van der Waals surface area contributed by atoms with Crippen LogP contribution in [0.3, 0.4) is 0 Å². The van der Waals surface area contributed by atoms with Crippen LogP contribution in [0.1, 0.15) is 44.1 Å². The lowest BCUT2D eigenvalue weighted by Gasteiger charge is -2.39. The lowest BCUT2D eigenvalue weighted by atomic mass is 9.90. The number of carbonyl (C=O) groups excluding carboxylic acids is 1. The number of halogens is 1. The third kappa shape index (κ3) is 4.51. The van der Waals surface area contributed by atoms with Gasteiger partial charge in [0.2, 0.25) is 0 Å². The molecule has 0 aromatic heterocycles. The number of hydrogen-bond donors (Lipinski definition) is 1. The lowest BCUT2D eigenvalue weighted by molar-refractivity contribution is -0.115. The molecule has 0 spiro atoms. The third-order valence-corrected chi connectivity index (χ3v) is 7.30. The molecule has 0 unspecified atom stereocenters. The molecule has 0 radical (unpaired) electrons. The number of anilines is 1. The number of guanidine groups is 1. The second-order valence-corrected chi connectivity index (χ2v) is 9.51. The molecule has 2 aromatic carbocycles. The Bertz CT molecular complexity index is 1120. The number of piperidine rings is 1. The summed E-state index contributed by atoms with van der Waals surface area (Å²) in [6.07, 6.45) is 6.68. The number of nitrogens with zero attached hydrogens (tertiary/aromatic N) is 3. The largest absolute Gasteiger partial charge is 0.497 e. The van der Waals surface area contributed by atoms with Crippen molar-refractivity contribution in [2.24, 2.45) is 4.99 Å². The number of amides is 1. The average Bonchev–Trinajstić information content (AvgIpc) is 2.86. The molecule has 3 aliphatic rings. The summed E-state index contributed by atoms with van der Waals surface area (Å²) in [5, 5.41) is 4.13. The van der Waals surface area contributed by atoms with Crippen molar-refractivity contribution in [2.45, 2.75) is 44.6 Å². The van der Waals surface area contributed by atoms with E-state index in [1.54, 1.807) is 7.11 Å². The second-order valence-electron chi connectivity index (χ2n) is 9.11. The fourth-order valence-corrected chi connectivity index (χ4v) is 5.09. The number of methoxy groups -OCH3 is 1. The Morgan fingerprint density at radius 1 is 1.09 bits per heavy atom. The standard InChI is InChI=1S/C27H31ClN4O2/c1-34-21-12-8-11-20(17-21)32(19-9-7-10-19)26(33)23-18-29-27(31-15-5-2-6-16-31)30-25(23)22-13-3-4-14-24(22)28/h3-4,8,11-14,17,19H,2,5-7,9-10,15-16,18H2,1H3,(H,29,30). The van der Waals surface area contributed by atoms with Crippen LogP contribution >= 0.6 is 11.6 Å². The summed E-state index contributed by atoms with van der Waals surface area (Å²) in [5.74, 6) is 1.55. The van der Waals surface area contributed by atoms with Gasteiger partial charge in [0.05, 0.1) is 24.9 Å². The monoisotopic (exact) mass is 478 g/mol. The van der Waals surface area contributed by atoms with E-state index in [0.717, 1.165) is 73.9 Å². The number of carbonyl (C=O) groups is 1. The van der Waals surface area contributed by atoms with Crippen LogP contribution in [-0.4, -0.2) is 49.6 Å². The van der Waals surface area contributed by atoms with Crippen molar-refractivity contribution in [1.29, 1.82) is 0 Å². The molecule has 6 nitrogen and oxygen atoms in total. The first-order valence-electron chi connectivity index (χ1n) is 12.2. The molecule has 5 rings (SSSR count). The van der Waals surface area contributed by atoms with Gasteiger partial charge >= 0.3 is 0 Å². The summed E-state index contributed by atoms with van der Waals surface area (Å²) in [6, 6.07) is 15.6. The van der Waals surface area contributed by atoms with E-state index in [4.69, 9.17) is 21.3 Å². The molecule has 2 aliphatic heterocycles. The minimum Gasteiger partial charge on any atom is -0.497 e. The fourth-order valence-electron chi connectivity index (χ4n) is 4.86. The number of aliphatic imine (C=N–C) groups is 1. The molecule has 0 atom stereocenters. The highest BCUT2D eigenvalue weighted by Crippen LogP contribution is 2.35. The smallest absolute Gasteiger partial charge is 0.258 e. The van der Waals surface area contributed by atoms with E-state index in [9.17, 15) is 4.79 Å². The highest BCUT2D eigenvalue weighted by molar-refractivity contribution is 6.32. The maximum Gasteiger partial charge on any atom is 0.258 e. The number of hydrogen-bond acceptors (Lipinski definition) is 5. The molecule has 1 amide bonds. The highest BCUT2D eigenvalue weighted by atomic mass is 35.5. The van der Waals surface area contributed by atoms with Crippen molar-refractivity contribution in [3.05, 3.63) is 64.7 Å². The molecule has 1 aliphatic carbocycles. The van der Waals surface area contributed by atoms with Gasteiger partial charge in [0.25, 0.3) is 5.91 Å². The van der Waals surface area contributed by atoms with Crippen LogP contribution in [-0.2, 0) is 4.79 Å². The minimum absolute atomic E-state index is 0.0261. The van der Waals surface area contributed by atoms with Gasteiger partial charge in [-0.05, 0) is 56.7 Å². The first-order chi connectivity index (χ1) is 16.7. The zero-order valence-corrected chi connectivity index (χ0v) is 20.4. The molecule has 0 bridgehead atoms. The Morgan fingerprint density at radius 2 is 1.88 bits per heavy atom. The van der Waals surface area contributed by atoms with E-state index in [1.165, 1.54) is 6.42 Å². The van der Waals surface area contributed by atoms with Crippen molar-refractivity contribution in [2.75, 3.05) is 31.6 Å². The zero-order valence-electron chi connectivity index (χ0n) is 19.6. The van der Waals surface area contributed by atoms with E-state index < -0.39 is 0 Å². The van der Waals surface area contributed by atoms with Crippen LogP contribution in [0.25, 0.3) is 5.70 Å². The fraction of sp³-hybridized carbons (Fsp3) is 0.407. The molecule has 34 heavy (non-hydrogen) atoms. The first-order valence-corrected chi connectivity index (χ1v) is 12.6. The molecular weight excluding hydrogens is 448 g/mol. The minimum atomic E-state index is -0.0261. The molecule has 2 aromatic rings. The van der Waals surface area contributed by atoms with Gasteiger partial charge in [0.1, 0.15) is 5.75 Å². The van der Waals surface area contributed by atoms with Crippen LogP contribution in [0.4, 0.5) is 5.69 Å². The number of rotatable bonds is 5. The molecule has 1 N–H and O–H groups in total. The Hall–Kier alpha value is -2.99. The van der Waals surface area contributed by atoms with Crippen molar-refractivity contribution in [1.82, 2.24) is 10.2 Å². The number of likely N-dealkylation sites (tertiary alicyclic amines) is 1.